The van der Waals surface area contributed by atoms with E-state index in [0.717, 1.165) is 31.6 Å². The van der Waals surface area contributed by atoms with Crippen LogP contribution in [0.3, 0.4) is 0 Å². The highest BCUT2D eigenvalue weighted by Crippen LogP contribution is 2.29. The zero-order valence-corrected chi connectivity index (χ0v) is 15.7. The van der Waals surface area contributed by atoms with Crippen molar-refractivity contribution in [3.63, 3.8) is 0 Å². The van der Waals surface area contributed by atoms with Gasteiger partial charge < -0.3 is 10.0 Å². The van der Waals surface area contributed by atoms with Gasteiger partial charge in [0.25, 0.3) is 0 Å². The summed E-state index contributed by atoms with van der Waals surface area (Å²) in [4.78, 5) is 25.3. The lowest BCUT2D eigenvalue weighted by Gasteiger charge is -2.33. The third-order valence-electron chi connectivity index (χ3n) is 6.06. The molecule has 1 saturated heterocycles. The monoisotopic (exact) mass is 357 g/mol. The summed E-state index contributed by atoms with van der Waals surface area (Å²) in [6.45, 7) is 0.608. The standard InChI is InChI=1S/C22H31NO3/c24-21(23-15-7-6-11-20(23)22(25)26)12-3-1-2-8-17-13-14-18-9-4-5-10-19(18)16-17/h4-5,9-10,17,20H,1-3,6-8,11-16H2,(H,25,26). The van der Waals surface area contributed by atoms with Gasteiger partial charge in [-0.1, -0.05) is 43.5 Å². The number of fused-ring (bicyclic) bond motifs is 1. The van der Waals surface area contributed by atoms with E-state index in [0.29, 0.717) is 19.4 Å². The normalized spacial score (nSPS) is 22.7. The molecule has 0 spiro atoms. The predicted octanol–water partition coefficient (Wildman–Crippen LogP) is 4.21. The van der Waals surface area contributed by atoms with E-state index < -0.39 is 12.0 Å². The second-order valence-corrected chi connectivity index (χ2v) is 7.91. The average Bonchev–Trinajstić information content (AvgIpc) is 2.67. The fraction of sp³-hybridized carbons (Fsp3) is 0.636. The average molecular weight is 357 g/mol. The lowest BCUT2D eigenvalue weighted by Crippen LogP contribution is -2.47. The lowest BCUT2D eigenvalue weighted by molar-refractivity contribution is -0.152. The van der Waals surface area contributed by atoms with Crippen LogP contribution in [0.2, 0.25) is 0 Å². The molecule has 1 aromatic carbocycles. The van der Waals surface area contributed by atoms with E-state index in [1.165, 1.54) is 43.2 Å². The van der Waals surface area contributed by atoms with Crippen LogP contribution in [0, 0.1) is 5.92 Å². The van der Waals surface area contributed by atoms with Crippen LogP contribution in [0.1, 0.15) is 68.9 Å². The Morgan fingerprint density at radius 3 is 2.65 bits per heavy atom. The summed E-state index contributed by atoms with van der Waals surface area (Å²) in [6.07, 6.45) is 11.0. The number of carbonyl (C=O) groups is 2. The number of nitrogens with zero attached hydrogens (tertiary/aromatic N) is 1. The van der Waals surface area contributed by atoms with Crippen molar-refractivity contribution >= 4 is 11.9 Å². The van der Waals surface area contributed by atoms with Crippen LogP contribution in [-0.4, -0.2) is 34.5 Å². The summed E-state index contributed by atoms with van der Waals surface area (Å²) in [5, 5.41) is 9.29. The van der Waals surface area contributed by atoms with Gasteiger partial charge in [-0.05, 0) is 62.0 Å². The SMILES string of the molecule is O=C(O)C1CCCCN1C(=O)CCCCCC1CCc2ccccc2C1. The van der Waals surface area contributed by atoms with Gasteiger partial charge in [-0.25, -0.2) is 4.79 Å². The van der Waals surface area contributed by atoms with Crippen molar-refractivity contribution in [1.82, 2.24) is 4.90 Å². The van der Waals surface area contributed by atoms with Crippen molar-refractivity contribution < 1.29 is 14.7 Å². The van der Waals surface area contributed by atoms with Gasteiger partial charge in [-0.3, -0.25) is 4.79 Å². The number of hydrogen-bond acceptors (Lipinski definition) is 2. The lowest BCUT2D eigenvalue weighted by atomic mass is 9.81. The molecule has 0 saturated carbocycles. The fourth-order valence-electron chi connectivity index (χ4n) is 4.54. The summed E-state index contributed by atoms with van der Waals surface area (Å²) in [6, 6.07) is 8.18. The Balaban J connectivity index is 1.34. The molecule has 3 rings (SSSR count). The van der Waals surface area contributed by atoms with E-state index in [1.54, 1.807) is 4.90 Å². The maximum atomic E-state index is 12.4. The minimum atomic E-state index is -0.851. The van der Waals surface area contributed by atoms with Crippen molar-refractivity contribution in [2.24, 2.45) is 5.92 Å². The van der Waals surface area contributed by atoms with Crippen molar-refractivity contribution in [2.45, 2.75) is 76.7 Å². The molecule has 0 radical (unpaired) electrons. The van der Waals surface area contributed by atoms with Gasteiger partial charge in [0.1, 0.15) is 6.04 Å². The first-order chi connectivity index (χ1) is 12.6. The van der Waals surface area contributed by atoms with Gasteiger partial charge in [0.2, 0.25) is 5.91 Å². The van der Waals surface area contributed by atoms with Crippen molar-refractivity contribution in [3.05, 3.63) is 35.4 Å². The van der Waals surface area contributed by atoms with E-state index in [9.17, 15) is 14.7 Å². The zero-order chi connectivity index (χ0) is 18.4. The van der Waals surface area contributed by atoms with Gasteiger partial charge in [-0.2, -0.15) is 0 Å². The second kappa shape index (κ2) is 9.20. The number of aliphatic carboxylic acids is 1. The van der Waals surface area contributed by atoms with E-state index in [4.69, 9.17) is 0 Å². The van der Waals surface area contributed by atoms with Gasteiger partial charge >= 0.3 is 5.97 Å². The number of aryl methyl sites for hydroxylation is 1. The minimum Gasteiger partial charge on any atom is -0.480 e. The molecular formula is C22H31NO3. The van der Waals surface area contributed by atoms with Gasteiger partial charge in [-0.15, -0.1) is 0 Å². The van der Waals surface area contributed by atoms with Crippen LogP contribution in [0.15, 0.2) is 24.3 Å². The molecule has 1 N–H and O–H groups in total. The summed E-state index contributed by atoms with van der Waals surface area (Å²) >= 11 is 0. The molecule has 1 aromatic rings. The number of carboxylic acid groups (broad SMARTS) is 1. The number of benzene rings is 1. The Bertz CT molecular complexity index is 628. The molecule has 1 aliphatic heterocycles. The molecule has 0 aromatic heterocycles. The summed E-state index contributed by atoms with van der Waals surface area (Å²) in [5.41, 5.74) is 3.03. The fourth-order valence-corrected chi connectivity index (χ4v) is 4.54. The van der Waals surface area contributed by atoms with Gasteiger partial charge in [0, 0.05) is 13.0 Å². The number of carboxylic acids is 1. The number of piperidine rings is 1. The molecule has 1 aliphatic carbocycles. The van der Waals surface area contributed by atoms with E-state index in [-0.39, 0.29) is 5.91 Å². The van der Waals surface area contributed by atoms with Crippen molar-refractivity contribution in [2.75, 3.05) is 6.54 Å². The predicted molar refractivity (Wildman–Crippen MR) is 102 cm³/mol. The number of carbonyl (C=O) groups excluding carboxylic acids is 1. The molecule has 2 unspecified atom stereocenters. The summed E-state index contributed by atoms with van der Waals surface area (Å²) in [7, 11) is 0. The first-order valence-corrected chi connectivity index (χ1v) is 10.2. The highest BCUT2D eigenvalue weighted by Gasteiger charge is 2.31. The third-order valence-corrected chi connectivity index (χ3v) is 6.06. The van der Waals surface area contributed by atoms with E-state index in [2.05, 4.69) is 24.3 Å². The molecule has 1 heterocycles. The minimum absolute atomic E-state index is 0.0312. The van der Waals surface area contributed by atoms with Crippen molar-refractivity contribution in [1.29, 1.82) is 0 Å². The highest BCUT2D eigenvalue weighted by molar-refractivity contribution is 5.83. The van der Waals surface area contributed by atoms with Gasteiger partial charge in [0.15, 0.2) is 0 Å². The van der Waals surface area contributed by atoms with Gasteiger partial charge in [0.05, 0.1) is 0 Å². The van der Waals surface area contributed by atoms with Crippen LogP contribution in [0.25, 0.3) is 0 Å². The Morgan fingerprint density at radius 1 is 1.04 bits per heavy atom. The molecular weight excluding hydrogens is 326 g/mol. The first-order valence-electron chi connectivity index (χ1n) is 10.2. The largest absolute Gasteiger partial charge is 0.480 e. The van der Waals surface area contributed by atoms with Crippen LogP contribution in [0.4, 0.5) is 0 Å². The molecule has 0 bridgehead atoms. The Labute approximate surface area is 156 Å². The summed E-state index contributed by atoms with van der Waals surface area (Å²) < 4.78 is 0. The maximum Gasteiger partial charge on any atom is 0.326 e. The Morgan fingerprint density at radius 2 is 1.85 bits per heavy atom. The quantitative estimate of drug-likeness (QED) is 0.744. The van der Waals surface area contributed by atoms with Crippen LogP contribution in [-0.2, 0) is 22.4 Å². The second-order valence-electron chi connectivity index (χ2n) is 7.91. The van der Waals surface area contributed by atoms with E-state index >= 15 is 0 Å². The molecule has 142 valence electrons. The molecule has 4 nitrogen and oxygen atoms in total. The molecule has 1 fully saturated rings. The smallest absolute Gasteiger partial charge is 0.326 e. The zero-order valence-electron chi connectivity index (χ0n) is 15.7. The number of rotatable bonds is 7. The van der Waals surface area contributed by atoms with Crippen LogP contribution >= 0.6 is 0 Å². The van der Waals surface area contributed by atoms with E-state index in [1.807, 2.05) is 0 Å². The Kier molecular flexibility index (Phi) is 6.70. The number of amides is 1. The first kappa shape index (κ1) is 18.9. The Hall–Kier alpha value is -1.84. The molecule has 4 heteroatoms. The van der Waals surface area contributed by atoms with Crippen LogP contribution < -0.4 is 0 Å². The summed E-state index contributed by atoms with van der Waals surface area (Å²) in [5.74, 6) is -0.0431. The molecule has 1 amide bonds. The highest BCUT2D eigenvalue weighted by atomic mass is 16.4. The molecule has 26 heavy (non-hydrogen) atoms. The molecule has 2 atom stereocenters. The van der Waals surface area contributed by atoms with Crippen LogP contribution in [0.5, 0.6) is 0 Å². The third kappa shape index (κ3) is 4.87. The topological polar surface area (TPSA) is 57.6 Å². The number of hydrogen-bond donors (Lipinski definition) is 1. The molecule has 2 aliphatic rings. The number of likely N-dealkylation sites (tertiary alicyclic amines) is 1. The maximum absolute atomic E-state index is 12.4. The van der Waals surface area contributed by atoms with Crippen molar-refractivity contribution in [3.8, 4) is 0 Å². The number of unbranched alkanes of at least 4 members (excludes halogenated alkanes) is 2.